The molecular formula is C23H24N5O3+. The first-order chi connectivity index (χ1) is 14.9. The average molecular weight is 418 g/mol. The number of nitrogen functional groups attached to an aromatic ring is 1. The number of nitrogens with one attached hydrogen (secondary N) is 1. The molecule has 0 atom stereocenters. The molecule has 0 radical (unpaired) electrons. The third-order valence-electron chi connectivity index (χ3n) is 5.17. The third kappa shape index (κ3) is 3.68. The molecule has 0 bridgehead atoms. The Morgan fingerprint density at radius 3 is 2.65 bits per heavy atom. The highest BCUT2D eigenvalue weighted by atomic mass is 16.5. The van der Waals surface area contributed by atoms with Crippen LogP contribution < -0.4 is 25.9 Å². The number of anilines is 1. The monoisotopic (exact) mass is 418 g/mol. The summed E-state index contributed by atoms with van der Waals surface area (Å²) in [5.74, 6) is 0.649. The van der Waals surface area contributed by atoms with Gasteiger partial charge in [0, 0.05) is 12.7 Å². The largest absolute Gasteiger partial charge is 0.497 e. The van der Waals surface area contributed by atoms with Crippen molar-refractivity contribution in [3.05, 3.63) is 76.2 Å². The van der Waals surface area contributed by atoms with Gasteiger partial charge in [0.1, 0.15) is 16.7 Å². The molecule has 0 aliphatic carbocycles. The number of ether oxygens (including phenoxy) is 1. The molecule has 31 heavy (non-hydrogen) atoms. The van der Waals surface area contributed by atoms with Gasteiger partial charge in [0.05, 0.1) is 13.2 Å². The number of hydrogen-bond donors (Lipinski definition) is 2. The Morgan fingerprint density at radius 2 is 1.97 bits per heavy atom. The van der Waals surface area contributed by atoms with E-state index in [0.717, 1.165) is 11.3 Å². The molecule has 3 aromatic heterocycles. The van der Waals surface area contributed by atoms with Crippen molar-refractivity contribution in [1.29, 1.82) is 0 Å². The van der Waals surface area contributed by atoms with Crippen molar-refractivity contribution in [2.24, 2.45) is 0 Å². The minimum absolute atomic E-state index is 0.102. The summed E-state index contributed by atoms with van der Waals surface area (Å²) in [6.45, 7) is 4.18. The van der Waals surface area contributed by atoms with Crippen molar-refractivity contribution in [3.8, 4) is 5.75 Å². The van der Waals surface area contributed by atoms with E-state index >= 15 is 0 Å². The normalized spacial score (nSPS) is 11.2. The SMILES string of the molecule is COc1ccc(CNC(=O)c2cc3c(=O)n4ccccc4nc3[n+](C(C)C)c2N)cc1. The van der Waals surface area contributed by atoms with Gasteiger partial charge in [-0.05, 0) is 49.7 Å². The van der Waals surface area contributed by atoms with Gasteiger partial charge in [-0.15, -0.1) is 0 Å². The Kier molecular flexibility index (Phi) is 5.29. The summed E-state index contributed by atoms with van der Waals surface area (Å²) in [6.07, 6.45) is 1.66. The lowest BCUT2D eigenvalue weighted by Gasteiger charge is -2.14. The number of methoxy groups -OCH3 is 1. The summed E-state index contributed by atoms with van der Waals surface area (Å²) >= 11 is 0. The van der Waals surface area contributed by atoms with Crippen LogP contribution in [-0.2, 0) is 6.54 Å². The van der Waals surface area contributed by atoms with Gasteiger partial charge >= 0.3 is 0 Å². The molecule has 8 heteroatoms. The van der Waals surface area contributed by atoms with E-state index in [9.17, 15) is 9.59 Å². The molecule has 0 spiro atoms. The van der Waals surface area contributed by atoms with Gasteiger partial charge in [0.2, 0.25) is 11.5 Å². The minimum atomic E-state index is -0.359. The summed E-state index contributed by atoms with van der Waals surface area (Å²) in [5, 5.41) is 3.21. The molecule has 0 saturated heterocycles. The lowest BCUT2D eigenvalue weighted by atomic mass is 10.1. The van der Waals surface area contributed by atoms with E-state index in [1.54, 1.807) is 30.0 Å². The second-order valence-corrected chi connectivity index (χ2v) is 7.52. The number of nitrogens with zero attached hydrogens (tertiary/aromatic N) is 3. The molecule has 1 aromatic carbocycles. The van der Waals surface area contributed by atoms with Crippen LogP contribution in [0.4, 0.5) is 5.82 Å². The molecule has 0 unspecified atom stereocenters. The molecule has 0 aliphatic heterocycles. The number of rotatable bonds is 5. The molecule has 8 nitrogen and oxygen atoms in total. The number of carbonyl (C=O) groups excluding carboxylic acids is 1. The fraction of sp³-hybridized carbons (Fsp3) is 0.217. The van der Waals surface area contributed by atoms with E-state index < -0.39 is 0 Å². The Labute approximate surface area is 178 Å². The summed E-state index contributed by atoms with van der Waals surface area (Å²) in [5.41, 5.74) is 8.27. The Hall–Kier alpha value is -3.94. The zero-order valence-electron chi connectivity index (χ0n) is 17.6. The molecule has 4 aromatic rings. The maximum atomic E-state index is 13.1. The highest BCUT2D eigenvalue weighted by Crippen LogP contribution is 2.17. The van der Waals surface area contributed by atoms with Gasteiger partial charge in [-0.2, -0.15) is 0 Å². The van der Waals surface area contributed by atoms with E-state index in [4.69, 9.17) is 10.5 Å². The summed E-state index contributed by atoms with van der Waals surface area (Å²) in [7, 11) is 1.60. The van der Waals surface area contributed by atoms with Gasteiger partial charge in [0.15, 0.2) is 0 Å². The topological polar surface area (TPSA) is 103 Å². The van der Waals surface area contributed by atoms with Crippen molar-refractivity contribution in [2.75, 3.05) is 12.8 Å². The smallest absolute Gasteiger partial charge is 0.278 e. The third-order valence-corrected chi connectivity index (χ3v) is 5.17. The van der Waals surface area contributed by atoms with Gasteiger partial charge in [0.25, 0.3) is 17.1 Å². The van der Waals surface area contributed by atoms with Crippen LogP contribution in [0.2, 0.25) is 0 Å². The molecule has 158 valence electrons. The van der Waals surface area contributed by atoms with Crippen LogP contribution >= 0.6 is 0 Å². The number of hydrogen-bond acceptors (Lipinski definition) is 5. The summed E-state index contributed by atoms with van der Waals surface area (Å²) in [4.78, 5) is 30.7. The average Bonchev–Trinajstić information content (AvgIpc) is 2.77. The first-order valence-electron chi connectivity index (χ1n) is 9.97. The van der Waals surface area contributed by atoms with Gasteiger partial charge in [-0.1, -0.05) is 23.2 Å². The fourth-order valence-electron chi connectivity index (χ4n) is 3.59. The molecule has 1 amide bonds. The number of amides is 1. The van der Waals surface area contributed by atoms with Crippen molar-refractivity contribution in [3.63, 3.8) is 0 Å². The van der Waals surface area contributed by atoms with E-state index in [-0.39, 0.29) is 28.9 Å². The predicted octanol–water partition coefficient (Wildman–Crippen LogP) is 2.24. The first-order valence-corrected chi connectivity index (χ1v) is 9.97. The number of carbonyl (C=O) groups is 1. The molecule has 0 saturated carbocycles. The number of pyridine rings is 2. The minimum Gasteiger partial charge on any atom is -0.497 e. The highest BCUT2D eigenvalue weighted by Gasteiger charge is 2.25. The molecule has 3 heterocycles. The van der Waals surface area contributed by atoms with Crippen molar-refractivity contribution < 1.29 is 14.1 Å². The Balaban J connectivity index is 1.78. The van der Waals surface area contributed by atoms with E-state index in [1.165, 1.54) is 10.5 Å². The lowest BCUT2D eigenvalue weighted by molar-refractivity contribution is -0.679. The molecule has 4 rings (SSSR count). The number of aromatic nitrogens is 3. The number of benzene rings is 1. The van der Waals surface area contributed by atoms with Crippen molar-refractivity contribution >= 4 is 28.4 Å². The highest BCUT2D eigenvalue weighted by molar-refractivity contribution is 6.00. The van der Waals surface area contributed by atoms with Gasteiger partial charge in [-0.3, -0.25) is 14.0 Å². The quantitative estimate of drug-likeness (QED) is 0.382. The van der Waals surface area contributed by atoms with Crippen LogP contribution in [-0.4, -0.2) is 22.4 Å². The van der Waals surface area contributed by atoms with Crippen LogP contribution in [0, 0.1) is 0 Å². The van der Waals surface area contributed by atoms with Crippen molar-refractivity contribution in [2.45, 2.75) is 26.4 Å². The Bertz CT molecular complexity index is 1340. The van der Waals surface area contributed by atoms with Crippen LogP contribution in [0.25, 0.3) is 16.7 Å². The van der Waals surface area contributed by atoms with E-state index in [2.05, 4.69) is 10.3 Å². The maximum absolute atomic E-state index is 13.1. The zero-order valence-corrected chi connectivity index (χ0v) is 17.6. The molecular weight excluding hydrogens is 394 g/mol. The van der Waals surface area contributed by atoms with Crippen LogP contribution in [0.15, 0.2) is 59.5 Å². The zero-order chi connectivity index (χ0) is 22.1. The van der Waals surface area contributed by atoms with Gasteiger partial charge < -0.3 is 15.8 Å². The second-order valence-electron chi connectivity index (χ2n) is 7.52. The van der Waals surface area contributed by atoms with E-state index in [1.807, 2.05) is 44.2 Å². The van der Waals surface area contributed by atoms with Crippen LogP contribution in [0.3, 0.4) is 0 Å². The van der Waals surface area contributed by atoms with E-state index in [0.29, 0.717) is 23.2 Å². The number of fused-ring (bicyclic) bond motifs is 2. The molecule has 3 N–H and O–H groups in total. The van der Waals surface area contributed by atoms with Gasteiger partial charge in [-0.25, -0.2) is 4.57 Å². The predicted molar refractivity (Wildman–Crippen MR) is 118 cm³/mol. The fourth-order valence-corrected chi connectivity index (χ4v) is 3.59. The van der Waals surface area contributed by atoms with Crippen molar-refractivity contribution in [1.82, 2.24) is 14.7 Å². The lowest BCUT2D eigenvalue weighted by Crippen LogP contribution is -2.44. The molecule has 0 fully saturated rings. The van der Waals surface area contributed by atoms with Crippen LogP contribution in [0.5, 0.6) is 5.75 Å². The second kappa shape index (κ2) is 8.06. The molecule has 0 aliphatic rings. The summed E-state index contributed by atoms with van der Waals surface area (Å²) < 4.78 is 8.34. The first kappa shape index (κ1) is 20.3. The number of nitrogens with two attached hydrogens (primary N) is 1. The Morgan fingerprint density at radius 1 is 1.23 bits per heavy atom. The standard InChI is InChI=1S/C23H23N5O3/c1-14(2)28-20(24)17(22(29)25-13-15-7-9-16(31-3)10-8-15)12-18-21(28)26-19-6-4-5-11-27(19)23(18)30/h4-12,14,24H,13H2,1-3H3,(H,25,29)/p+1. The van der Waals surface area contributed by atoms with Crippen LogP contribution in [0.1, 0.15) is 35.8 Å². The summed E-state index contributed by atoms with van der Waals surface area (Å²) in [6, 6.07) is 14.2. The maximum Gasteiger partial charge on any atom is 0.278 e.